The van der Waals surface area contributed by atoms with Crippen molar-refractivity contribution in [3.8, 4) is 11.5 Å². The molecule has 0 atom stereocenters. The molecular weight excluding hydrogens is 434 g/mol. The molecule has 7 heteroatoms. The van der Waals surface area contributed by atoms with Gasteiger partial charge in [-0.15, -0.1) is 0 Å². The van der Waals surface area contributed by atoms with Crippen molar-refractivity contribution in [1.82, 2.24) is 10.0 Å². The molecule has 0 aromatic heterocycles. The van der Waals surface area contributed by atoms with Crippen LogP contribution in [0.3, 0.4) is 0 Å². The summed E-state index contributed by atoms with van der Waals surface area (Å²) in [7, 11) is 5.25. The molecule has 0 radical (unpaired) electrons. The van der Waals surface area contributed by atoms with Crippen molar-refractivity contribution < 1.29 is 14.3 Å². The highest BCUT2D eigenvalue weighted by molar-refractivity contribution is 8.18. The monoisotopic (exact) mass is 459 g/mol. The van der Waals surface area contributed by atoms with Crippen LogP contribution in [0.25, 0.3) is 6.08 Å². The number of methoxy groups -OCH3 is 1. The third-order valence-corrected chi connectivity index (χ3v) is 5.85. The minimum absolute atomic E-state index is 0.122. The molecule has 6 nitrogen and oxygen atoms in total. The number of aliphatic imine (C=N–C) groups is 1. The fraction of sp³-hybridized carbons (Fsp3) is 0.154. The maximum atomic E-state index is 13.1. The van der Waals surface area contributed by atoms with Gasteiger partial charge in [0.05, 0.1) is 17.7 Å². The van der Waals surface area contributed by atoms with Crippen molar-refractivity contribution >= 4 is 34.6 Å². The number of thioether (sulfide) groups is 1. The third-order valence-electron chi connectivity index (χ3n) is 4.89. The van der Waals surface area contributed by atoms with Crippen LogP contribution in [-0.4, -0.2) is 42.3 Å². The lowest BCUT2D eigenvalue weighted by Gasteiger charge is -2.22. The van der Waals surface area contributed by atoms with Crippen molar-refractivity contribution in [2.75, 3.05) is 21.2 Å². The predicted molar refractivity (Wildman–Crippen MR) is 133 cm³/mol. The van der Waals surface area contributed by atoms with Crippen LogP contribution in [0.15, 0.2) is 88.8 Å². The Morgan fingerprint density at radius 2 is 1.67 bits per heavy atom. The van der Waals surface area contributed by atoms with Gasteiger partial charge in [-0.05, 0) is 53.2 Å². The van der Waals surface area contributed by atoms with Gasteiger partial charge in [0, 0.05) is 14.1 Å². The van der Waals surface area contributed by atoms with Gasteiger partial charge in [-0.2, -0.15) is 0 Å². The smallest absolute Gasteiger partial charge is 0.281 e. The van der Waals surface area contributed by atoms with E-state index >= 15 is 0 Å². The standard InChI is InChI=1S/C26H25N3O3S/c1-28(2)29-25(30)24(33-26(29)27-21-12-8-5-9-13-21)17-20-14-15-22(23(16-20)31-3)32-18-19-10-6-4-7-11-19/h4-17H,18H2,1-3H3/b24-17-,27-26?. The highest BCUT2D eigenvalue weighted by Gasteiger charge is 2.35. The second-order valence-corrected chi connectivity index (χ2v) is 8.50. The molecule has 3 aromatic rings. The lowest BCUT2D eigenvalue weighted by atomic mass is 10.2. The van der Waals surface area contributed by atoms with Gasteiger partial charge in [-0.25, -0.2) is 15.0 Å². The summed E-state index contributed by atoms with van der Waals surface area (Å²) in [5, 5.41) is 3.91. The molecule has 0 spiro atoms. The first-order valence-electron chi connectivity index (χ1n) is 10.4. The number of hydrazine groups is 1. The topological polar surface area (TPSA) is 54.4 Å². The normalized spacial score (nSPS) is 16.1. The third kappa shape index (κ3) is 5.45. The maximum absolute atomic E-state index is 13.1. The van der Waals surface area contributed by atoms with Crippen LogP contribution in [0, 0.1) is 0 Å². The largest absolute Gasteiger partial charge is 0.493 e. The van der Waals surface area contributed by atoms with Crippen molar-refractivity contribution in [2.45, 2.75) is 6.61 Å². The molecular formula is C26H25N3O3S. The van der Waals surface area contributed by atoms with Crippen LogP contribution in [-0.2, 0) is 11.4 Å². The summed E-state index contributed by atoms with van der Waals surface area (Å²) in [4.78, 5) is 18.3. The molecule has 168 valence electrons. The van der Waals surface area contributed by atoms with Gasteiger partial charge in [-0.3, -0.25) is 4.79 Å². The Hall–Kier alpha value is -3.55. The number of amides is 1. The number of para-hydroxylation sites is 1. The van der Waals surface area contributed by atoms with E-state index in [-0.39, 0.29) is 5.91 Å². The average molecular weight is 460 g/mol. The van der Waals surface area contributed by atoms with Crippen LogP contribution in [0.1, 0.15) is 11.1 Å². The summed E-state index contributed by atoms with van der Waals surface area (Å²) in [5.74, 6) is 1.14. The van der Waals surface area contributed by atoms with Gasteiger partial charge in [0.15, 0.2) is 16.7 Å². The van der Waals surface area contributed by atoms with Crippen LogP contribution < -0.4 is 9.47 Å². The molecule has 1 aliphatic rings. The van der Waals surface area contributed by atoms with E-state index in [4.69, 9.17) is 9.47 Å². The van der Waals surface area contributed by atoms with Gasteiger partial charge in [0.1, 0.15) is 6.61 Å². The fourth-order valence-electron chi connectivity index (χ4n) is 3.28. The summed E-state index contributed by atoms with van der Waals surface area (Å²) in [5.41, 5.74) is 2.71. The number of carbonyl (C=O) groups excluding carboxylic acids is 1. The quantitative estimate of drug-likeness (QED) is 0.446. The van der Waals surface area contributed by atoms with E-state index in [0.717, 1.165) is 16.8 Å². The van der Waals surface area contributed by atoms with E-state index < -0.39 is 0 Å². The Morgan fingerprint density at radius 1 is 0.970 bits per heavy atom. The van der Waals surface area contributed by atoms with E-state index in [1.165, 1.54) is 11.8 Å². The Balaban J connectivity index is 1.57. The molecule has 3 aromatic carbocycles. The minimum Gasteiger partial charge on any atom is -0.493 e. The number of ether oxygens (including phenoxy) is 2. The van der Waals surface area contributed by atoms with E-state index in [9.17, 15) is 4.79 Å². The molecule has 0 N–H and O–H groups in total. The fourth-order valence-corrected chi connectivity index (χ4v) is 4.33. The lowest BCUT2D eigenvalue weighted by Crippen LogP contribution is -2.40. The summed E-state index contributed by atoms with van der Waals surface area (Å²) < 4.78 is 11.5. The van der Waals surface area contributed by atoms with E-state index in [2.05, 4.69) is 4.99 Å². The van der Waals surface area contributed by atoms with Gasteiger partial charge in [0.25, 0.3) is 5.91 Å². The van der Waals surface area contributed by atoms with Crippen molar-refractivity contribution in [3.05, 3.63) is 94.9 Å². The number of hydrogen-bond acceptors (Lipinski definition) is 6. The number of benzene rings is 3. The lowest BCUT2D eigenvalue weighted by molar-refractivity contribution is -0.130. The first kappa shape index (κ1) is 22.6. The van der Waals surface area contributed by atoms with Gasteiger partial charge < -0.3 is 9.47 Å². The highest BCUT2D eigenvalue weighted by Crippen LogP contribution is 2.36. The predicted octanol–water partition coefficient (Wildman–Crippen LogP) is 5.35. The molecule has 0 saturated carbocycles. The van der Waals surface area contributed by atoms with Crippen molar-refractivity contribution in [2.24, 2.45) is 4.99 Å². The molecule has 4 rings (SSSR count). The second kappa shape index (κ2) is 10.4. The van der Waals surface area contributed by atoms with Crippen molar-refractivity contribution in [1.29, 1.82) is 0 Å². The van der Waals surface area contributed by atoms with E-state index in [1.807, 2.05) is 99.0 Å². The molecule has 0 aliphatic carbocycles. The van der Waals surface area contributed by atoms with Gasteiger partial charge in [-0.1, -0.05) is 54.6 Å². The first-order valence-corrected chi connectivity index (χ1v) is 11.3. The van der Waals surface area contributed by atoms with Crippen LogP contribution in [0.5, 0.6) is 11.5 Å². The van der Waals surface area contributed by atoms with Gasteiger partial charge in [0.2, 0.25) is 0 Å². The molecule has 1 fully saturated rings. The van der Waals surface area contributed by atoms with Gasteiger partial charge >= 0.3 is 0 Å². The number of carbonyl (C=O) groups is 1. The van der Waals surface area contributed by atoms with E-state index in [0.29, 0.717) is 28.2 Å². The Labute approximate surface area is 198 Å². The molecule has 1 aliphatic heterocycles. The van der Waals surface area contributed by atoms with E-state index in [1.54, 1.807) is 17.1 Å². The van der Waals surface area contributed by atoms with Crippen molar-refractivity contribution in [3.63, 3.8) is 0 Å². The Morgan fingerprint density at radius 3 is 2.33 bits per heavy atom. The Kier molecular flexibility index (Phi) is 7.12. The molecule has 0 unspecified atom stereocenters. The average Bonchev–Trinajstić information content (AvgIpc) is 3.13. The van der Waals surface area contributed by atoms with Crippen LogP contribution in [0.4, 0.5) is 5.69 Å². The number of amidine groups is 1. The second-order valence-electron chi connectivity index (χ2n) is 7.49. The summed E-state index contributed by atoms with van der Waals surface area (Å²) in [6.07, 6.45) is 1.85. The number of nitrogens with zero attached hydrogens (tertiary/aromatic N) is 3. The zero-order valence-electron chi connectivity index (χ0n) is 18.8. The summed E-state index contributed by atoms with van der Waals surface area (Å²) in [6, 6.07) is 25.2. The summed E-state index contributed by atoms with van der Waals surface area (Å²) >= 11 is 1.34. The molecule has 33 heavy (non-hydrogen) atoms. The van der Waals surface area contributed by atoms with Crippen LogP contribution >= 0.6 is 11.8 Å². The zero-order chi connectivity index (χ0) is 23.2. The first-order chi connectivity index (χ1) is 16.0. The summed E-state index contributed by atoms with van der Waals surface area (Å²) in [6.45, 7) is 0.447. The SMILES string of the molecule is COc1cc(/C=C2\SC(=Nc3ccccc3)N(N(C)C)C2=O)ccc1OCc1ccccc1. The number of rotatable bonds is 7. The minimum atomic E-state index is -0.122. The molecule has 1 heterocycles. The van der Waals surface area contributed by atoms with Crippen LogP contribution in [0.2, 0.25) is 0 Å². The molecule has 1 amide bonds. The molecule has 0 bridgehead atoms. The maximum Gasteiger partial charge on any atom is 0.281 e. The Bertz CT molecular complexity index is 1180. The number of hydrogen-bond donors (Lipinski definition) is 0. The highest BCUT2D eigenvalue weighted by atomic mass is 32.2. The molecule has 1 saturated heterocycles. The zero-order valence-corrected chi connectivity index (χ0v) is 19.6.